The van der Waals surface area contributed by atoms with Gasteiger partial charge in [-0.2, -0.15) is 0 Å². The van der Waals surface area contributed by atoms with Crippen molar-refractivity contribution in [3.8, 4) is 0 Å². The molecule has 1 aliphatic carbocycles. The van der Waals surface area contributed by atoms with Crippen molar-refractivity contribution in [1.82, 2.24) is 5.32 Å². The number of nitrogens with two attached hydrogens (primary N) is 1. The molecule has 6 heteroatoms. The van der Waals surface area contributed by atoms with E-state index in [1.807, 2.05) is 18.2 Å². The van der Waals surface area contributed by atoms with Crippen molar-refractivity contribution in [2.45, 2.75) is 49.3 Å². The standard InChI is InChI=1S/C21H26N2O3S/c1-16-10-11-18(27(22,25)26)14-19(16)20(24)23-15-21(12-6-3-7-13-21)17-8-4-2-5-9-17/h2,4-5,8-11,14H,3,6-7,12-13,15H2,1H3,(H,23,24)(H2,22,25,26). The normalized spacial score (nSPS) is 16.7. The summed E-state index contributed by atoms with van der Waals surface area (Å²) in [6.07, 6.45) is 5.58. The van der Waals surface area contributed by atoms with E-state index in [1.165, 1.54) is 24.1 Å². The van der Waals surface area contributed by atoms with E-state index in [1.54, 1.807) is 13.0 Å². The molecule has 0 atom stereocenters. The van der Waals surface area contributed by atoms with Crippen LogP contribution in [0.1, 0.15) is 53.6 Å². The molecule has 0 saturated heterocycles. The fraction of sp³-hybridized carbons (Fsp3) is 0.381. The molecule has 2 aromatic carbocycles. The molecule has 144 valence electrons. The number of aryl methyl sites for hydroxylation is 1. The lowest BCUT2D eigenvalue weighted by molar-refractivity contribution is 0.0936. The van der Waals surface area contributed by atoms with Gasteiger partial charge in [0.2, 0.25) is 10.0 Å². The van der Waals surface area contributed by atoms with Crippen molar-refractivity contribution in [3.05, 3.63) is 65.2 Å². The first-order valence-corrected chi connectivity index (χ1v) is 10.8. The minimum Gasteiger partial charge on any atom is -0.351 e. The maximum atomic E-state index is 12.8. The second-order valence-electron chi connectivity index (χ2n) is 7.41. The molecule has 0 radical (unpaired) electrons. The molecule has 3 N–H and O–H groups in total. The first-order valence-electron chi connectivity index (χ1n) is 9.29. The van der Waals surface area contributed by atoms with Gasteiger partial charge in [-0.1, -0.05) is 55.7 Å². The average Bonchev–Trinajstić information content (AvgIpc) is 2.67. The van der Waals surface area contributed by atoms with E-state index in [9.17, 15) is 13.2 Å². The van der Waals surface area contributed by atoms with Crippen LogP contribution in [0, 0.1) is 6.92 Å². The Hall–Kier alpha value is -2.18. The third-order valence-electron chi connectivity index (χ3n) is 5.57. The van der Waals surface area contributed by atoms with Crippen LogP contribution in [0.2, 0.25) is 0 Å². The van der Waals surface area contributed by atoms with Crippen LogP contribution in [0.3, 0.4) is 0 Å². The molecule has 1 saturated carbocycles. The molecule has 2 aromatic rings. The highest BCUT2D eigenvalue weighted by Gasteiger charge is 2.34. The van der Waals surface area contributed by atoms with Crippen LogP contribution in [-0.4, -0.2) is 20.9 Å². The summed E-state index contributed by atoms with van der Waals surface area (Å²) in [6, 6.07) is 14.7. The van der Waals surface area contributed by atoms with Gasteiger partial charge in [0.15, 0.2) is 0 Å². The summed E-state index contributed by atoms with van der Waals surface area (Å²) in [6.45, 7) is 2.32. The molecular formula is C21H26N2O3S. The molecule has 0 unspecified atom stereocenters. The Kier molecular flexibility index (Phi) is 5.67. The molecule has 27 heavy (non-hydrogen) atoms. The van der Waals surface area contributed by atoms with E-state index in [-0.39, 0.29) is 16.2 Å². The lowest BCUT2D eigenvalue weighted by Gasteiger charge is -2.38. The van der Waals surface area contributed by atoms with Gasteiger partial charge in [0, 0.05) is 17.5 Å². The number of primary sulfonamides is 1. The molecule has 0 aromatic heterocycles. The van der Waals surface area contributed by atoms with Crippen LogP contribution >= 0.6 is 0 Å². The minimum atomic E-state index is -3.85. The van der Waals surface area contributed by atoms with E-state index in [0.717, 1.165) is 31.2 Å². The van der Waals surface area contributed by atoms with Gasteiger partial charge >= 0.3 is 0 Å². The summed E-state index contributed by atoms with van der Waals surface area (Å²) in [7, 11) is -3.85. The average molecular weight is 387 g/mol. The van der Waals surface area contributed by atoms with Crippen LogP contribution in [0.5, 0.6) is 0 Å². The second kappa shape index (κ2) is 7.82. The van der Waals surface area contributed by atoms with Crippen LogP contribution in [0.25, 0.3) is 0 Å². The predicted molar refractivity (Wildman–Crippen MR) is 106 cm³/mol. The summed E-state index contributed by atoms with van der Waals surface area (Å²) >= 11 is 0. The largest absolute Gasteiger partial charge is 0.351 e. The Balaban J connectivity index is 1.83. The Bertz CT molecular complexity index is 918. The quantitative estimate of drug-likeness (QED) is 0.826. The number of carbonyl (C=O) groups excluding carboxylic acids is 1. The van der Waals surface area contributed by atoms with Crippen molar-refractivity contribution < 1.29 is 13.2 Å². The summed E-state index contributed by atoms with van der Waals surface area (Å²) in [5.74, 6) is -0.265. The lowest BCUT2D eigenvalue weighted by atomic mass is 9.69. The van der Waals surface area contributed by atoms with E-state index in [4.69, 9.17) is 5.14 Å². The van der Waals surface area contributed by atoms with Gasteiger partial charge in [0.1, 0.15) is 0 Å². The van der Waals surface area contributed by atoms with Crippen LogP contribution in [0.4, 0.5) is 0 Å². The summed E-state index contributed by atoms with van der Waals surface area (Å²) in [5.41, 5.74) is 2.25. The maximum Gasteiger partial charge on any atom is 0.251 e. The fourth-order valence-corrected chi connectivity index (χ4v) is 4.50. The first-order chi connectivity index (χ1) is 12.8. The van der Waals surface area contributed by atoms with E-state index in [0.29, 0.717) is 12.1 Å². The highest BCUT2D eigenvalue weighted by atomic mass is 32.2. The number of amides is 1. The number of hydrogen-bond acceptors (Lipinski definition) is 3. The maximum absolute atomic E-state index is 12.8. The van der Waals surface area contributed by atoms with Crippen molar-refractivity contribution >= 4 is 15.9 Å². The van der Waals surface area contributed by atoms with Crippen LogP contribution < -0.4 is 10.5 Å². The van der Waals surface area contributed by atoms with Crippen LogP contribution in [0.15, 0.2) is 53.4 Å². The number of hydrogen-bond donors (Lipinski definition) is 2. The zero-order valence-corrected chi connectivity index (χ0v) is 16.4. The Labute approximate surface area is 161 Å². The van der Waals surface area contributed by atoms with Gasteiger partial charge in [-0.15, -0.1) is 0 Å². The summed E-state index contributed by atoms with van der Waals surface area (Å²) in [5, 5.41) is 8.26. The number of rotatable bonds is 5. The monoisotopic (exact) mass is 386 g/mol. The first kappa shape index (κ1) is 19.6. The zero-order valence-electron chi connectivity index (χ0n) is 15.6. The Morgan fingerprint density at radius 1 is 1.07 bits per heavy atom. The van der Waals surface area contributed by atoms with Gasteiger partial charge in [0.05, 0.1) is 4.90 Å². The number of sulfonamides is 1. The fourth-order valence-electron chi connectivity index (χ4n) is 3.96. The summed E-state index contributed by atoms with van der Waals surface area (Å²) in [4.78, 5) is 12.8. The highest BCUT2D eigenvalue weighted by Crippen LogP contribution is 2.39. The molecule has 1 fully saturated rings. The predicted octanol–water partition coefficient (Wildman–Crippen LogP) is 3.27. The smallest absolute Gasteiger partial charge is 0.251 e. The van der Waals surface area contributed by atoms with Crippen LogP contribution in [-0.2, 0) is 15.4 Å². The van der Waals surface area contributed by atoms with Crippen molar-refractivity contribution in [2.24, 2.45) is 5.14 Å². The van der Waals surface area contributed by atoms with Gasteiger partial charge < -0.3 is 5.32 Å². The van der Waals surface area contributed by atoms with Gasteiger partial charge in [-0.05, 0) is 43.0 Å². The topological polar surface area (TPSA) is 89.3 Å². The second-order valence-corrected chi connectivity index (χ2v) is 8.97. The minimum absolute atomic E-state index is 0.0475. The van der Waals surface area contributed by atoms with Crippen molar-refractivity contribution in [2.75, 3.05) is 6.54 Å². The molecule has 0 heterocycles. The molecule has 1 aliphatic rings. The van der Waals surface area contributed by atoms with Gasteiger partial charge in [-0.25, -0.2) is 13.6 Å². The summed E-state index contributed by atoms with van der Waals surface area (Å²) < 4.78 is 23.2. The third-order valence-corrected chi connectivity index (χ3v) is 6.48. The zero-order chi connectivity index (χ0) is 19.5. The molecule has 0 bridgehead atoms. The molecule has 3 rings (SSSR count). The van der Waals surface area contributed by atoms with Crippen molar-refractivity contribution in [1.29, 1.82) is 0 Å². The Morgan fingerprint density at radius 2 is 1.74 bits per heavy atom. The molecule has 5 nitrogen and oxygen atoms in total. The molecular weight excluding hydrogens is 360 g/mol. The molecule has 0 aliphatic heterocycles. The molecule has 0 spiro atoms. The van der Waals surface area contributed by atoms with Gasteiger partial charge in [-0.3, -0.25) is 4.79 Å². The third kappa shape index (κ3) is 4.39. The number of benzene rings is 2. The van der Waals surface area contributed by atoms with E-state index >= 15 is 0 Å². The van der Waals surface area contributed by atoms with Crippen molar-refractivity contribution in [3.63, 3.8) is 0 Å². The number of carbonyl (C=O) groups is 1. The van der Waals surface area contributed by atoms with Gasteiger partial charge in [0.25, 0.3) is 5.91 Å². The Morgan fingerprint density at radius 3 is 2.37 bits per heavy atom. The molecule has 1 amide bonds. The number of nitrogens with one attached hydrogen (secondary N) is 1. The highest BCUT2D eigenvalue weighted by molar-refractivity contribution is 7.89. The SMILES string of the molecule is Cc1ccc(S(N)(=O)=O)cc1C(=O)NCC1(c2ccccc2)CCCCC1. The lowest BCUT2D eigenvalue weighted by Crippen LogP contribution is -2.42. The van der Waals surface area contributed by atoms with E-state index in [2.05, 4.69) is 17.4 Å². The van der Waals surface area contributed by atoms with E-state index < -0.39 is 10.0 Å².